The lowest BCUT2D eigenvalue weighted by Gasteiger charge is -1.95. The third-order valence-corrected chi connectivity index (χ3v) is 0.842. The van der Waals surface area contributed by atoms with Crippen molar-refractivity contribution in [1.29, 1.82) is 0 Å². The summed E-state index contributed by atoms with van der Waals surface area (Å²) >= 11 is 0. The van der Waals surface area contributed by atoms with Crippen molar-refractivity contribution in [2.75, 3.05) is 5.73 Å². The van der Waals surface area contributed by atoms with Gasteiger partial charge in [0.25, 0.3) is 0 Å². The fourth-order valence-corrected chi connectivity index (χ4v) is 0.377. The minimum atomic E-state index is -0.400. The molecule has 5 nitrogen and oxygen atoms in total. The summed E-state index contributed by atoms with van der Waals surface area (Å²) in [6.45, 7) is 0. The fourth-order valence-electron chi connectivity index (χ4n) is 0.377. The molecule has 0 atom stereocenters. The zero-order chi connectivity index (χ0) is 6.85. The number of hydrogen-bond donors (Lipinski definition) is 3. The molecule has 1 heterocycles. The topological polar surface area (TPSA) is 92.3 Å². The molecular formula is C4H6ClN3O2. The molecule has 0 fully saturated rings. The number of aromatic nitrogens is 2. The summed E-state index contributed by atoms with van der Waals surface area (Å²) in [6, 6.07) is 0. The molecule has 0 aliphatic heterocycles. The Balaban J connectivity index is 0.000000810. The van der Waals surface area contributed by atoms with Crippen LogP contribution in [0.1, 0.15) is 0 Å². The molecule has 0 aliphatic rings. The van der Waals surface area contributed by atoms with Crippen LogP contribution in [0.15, 0.2) is 6.33 Å². The van der Waals surface area contributed by atoms with E-state index in [9.17, 15) is 0 Å². The lowest BCUT2D eigenvalue weighted by molar-refractivity contribution is 0.426. The number of anilines is 1. The summed E-state index contributed by atoms with van der Waals surface area (Å²) in [6.07, 6.45) is 1.01. The molecule has 0 bridgehead atoms. The van der Waals surface area contributed by atoms with Gasteiger partial charge in [-0.3, -0.25) is 0 Å². The molecule has 0 saturated carbocycles. The van der Waals surface area contributed by atoms with Crippen molar-refractivity contribution in [2.45, 2.75) is 0 Å². The van der Waals surface area contributed by atoms with E-state index in [0.717, 1.165) is 6.33 Å². The molecule has 0 unspecified atom stereocenters. The highest BCUT2D eigenvalue weighted by Gasteiger charge is 2.02. The normalized spacial score (nSPS) is 8.40. The summed E-state index contributed by atoms with van der Waals surface area (Å²) in [7, 11) is 0. The molecule has 1 aromatic rings. The Morgan fingerprint density at radius 2 is 1.60 bits per heavy atom. The van der Waals surface area contributed by atoms with E-state index in [-0.39, 0.29) is 18.1 Å². The van der Waals surface area contributed by atoms with Crippen LogP contribution in [0, 0.1) is 0 Å². The Labute approximate surface area is 63.0 Å². The Hall–Kier alpha value is -1.23. The molecule has 0 radical (unpaired) electrons. The van der Waals surface area contributed by atoms with Crippen LogP contribution < -0.4 is 5.73 Å². The lowest BCUT2D eigenvalue weighted by atomic mass is 10.5. The number of rotatable bonds is 0. The average Bonchev–Trinajstić information content (AvgIpc) is 1.83. The summed E-state index contributed by atoms with van der Waals surface area (Å²) in [4.78, 5) is 6.60. The first-order valence-electron chi connectivity index (χ1n) is 2.20. The Morgan fingerprint density at radius 1 is 1.20 bits per heavy atom. The van der Waals surface area contributed by atoms with Gasteiger partial charge in [-0.2, -0.15) is 9.97 Å². The first kappa shape index (κ1) is 8.77. The van der Waals surface area contributed by atoms with Gasteiger partial charge in [0.05, 0.1) is 0 Å². The molecular weight excluding hydrogens is 158 g/mol. The van der Waals surface area contributed by atoms with Gasteiger partial charge in [0.2, 0.25) is 11.8 Å². The van der Waals surface area contributed by atoms with Crippen LogP contribution >= 0.6 is 12.4 Å². The van der Waals surface area contributed by atoms with Crippen LogP contribution in [0.5, 0.6) is 11.8 Å². The number of nitrogens with zero attached hydrogens (tertiary/aromatic N) is 2. The van der Waals surface area contributed by atoms with Crippen molar-refractivity contribution >= 4 is 18.1 Å². The number of hydrogen-bond acceptors (Lipinski definition) is 5. The minimum Gasteiger partial charge on any atom is -0.492 e. The molecule has 0 aromatic carbocycles. The zero-order valence-electron chi connectivity index (χ0n) is 4.85. The van der Waals surface area contributed by atoms with Crippen molar-refractivity contribution in [2.24, 2.45) is 0 Å². The van der Waals surface area contributed by atoms with Gasteiger partial charge in [0.1, 0.15) is 6.33 Å². The predicted octanol–water partition coefficient (Wildman–Crippen LogP) is -0.108. The second-order valence-electron chi connectivity index (χ2n) is 1.43. The zero-order valence-corrected chi connectivity index (χ0v) is 5.67. The van der Waals surface area contributed by atoms with E-state index in [0.29, 0.717) is 0 Å². The van der Waals surface area contributed by atoms with Gasteiger partial charge in [0.15, 0.2) is 5.69 Å². The molecule has 6 heteroatoms. The van der Waals surface area contributed by atoms with Crippen molar-refractivity contribution in [3.8, 4) is 11.8 Å². The average molecular weight is 164 g/mol. The highest BCUT2D eigenvalue weighted by atomic mass is 35.5. The Bertz CT molecular complexity index is 209. The summed E-state index contributed by atoms with van der Waals surface area (Å²) in [5, 5.41) is 17.3. The second-order valence-corrected chi connectivity index (χ2v) is 1.43. The number of nitrogen functional groups attached to an aromatic ring is 1. The van der Waals surface area contributed by atoms with Gasteiger partial charge in [-0.15, -0.1) is 12.4 Å². The van der Waals surface area contributed by atoms with Gasteiger partial charge in [0, 0.05) is 0 Å². The standard InChI is InChI=1S/C4H5N3O2.ClH/c5-2-3(8)6-1-7-4(2)9;/h1H,5H2,(H2,6,7,8,9);1H. The van der Waals surface area contributed by atoms with Crippen molar-refractivity contribution in [3.63, 3.8) is 0 Å². The van der Waals surface area contributed by atoms with Gasteiger partial charge in [-0.05, 0) is 0 Å². The summed E-state index contributed by atoms with van der Waals surface area (Å²) in [5.74, 6) is -0.801. The third-order valence-electron chi connectivity index (χ3n) is 0.842. The van der Waals surface area contributed by atoms with E-state index in [1.54, 1.807) is 0 Å². The van der Waals surface area contributed by atoms with Crippen LogP contribution in [0.4, 0.5) is 5.69 Å². The van der Waals surface area contributed by atoms with E-state index in [2.05, 4.69) is 9.97 Å². The third kappa shape index (κ3) is 1.38. The van der Waals surface area contributed by atoms with Crippen LogP contribution in [-0.2, 0) is 0 Å². The number of aromatic hydroxyl groups is 2. The maximum Gasteiger partial charge on any atom is 0.241 e. The predicted molar refractivity (Wildman–Crippen MR) is 37.0 cm³/mol. The summed E-state index contributed by atoms with van der Waals surface area (Å²) < 4.78 is 0. The number of halogens is 1. The van der Waals surface area contributed by atoms with Gasteiger partial charge < -0.3 is 15.9 Å². The van der Waals surface area contributed by atoms with E-state index in [1.165, 1.54) is 0 Å². The van der Waals surface area contributed by atoms with E-state index in [4.69, 9.17) is 15.9 Å². The van der Waals surface area contributed by atoms with Crippen LogP contribution in [0.2, 0.25) is 0 Å². The SMILES string of the molecule is Cl.Nc1c(O)ncnc1O. The largest absolute Gasteiger partial charge is 0.492 e. The van der Waals surface area contributed by atoms with E-state index < -0.39 is 11.8 Å². The quantitative estimate of drug-likeness (QED) is 0.497. The smallest absolute Gasteiger partial charge is 0.241 e. The van der Waals surface area contributed by atoms with E-state index >= 15 is 0 Å². The Kier molecular flexibility index (Phi) is 2.69. The maximum atomic E-state index is 8.66. The van der Waals surface area contributed by atoms with E-state index in [1.807, 2.05) is 0 Å². The van der Waals surface area contributed by atoms with Gasteiger partial charge >= 0.3 is 0 Å². The van der Waals surface area contributed by atoms with Crippen molar-refractivity contribution < 1.29 is 10.2 Å². The van der Waals surface area contributed by atoms with Gasteiger partial charge in [-0.25, -0.2) is 0 Å². The van der Waals surface area contributed by atoms with Crippen LogP contribution in [0.25, 0.3) is 0 Å². The maximum absolute atomic E-state index is 8.66. The van der Waals surface area contributed by atoms with Crippen LogP contribution in [-0.4, -0.2) is 20.2 Å². The first-order valence-corrected chi connectivity index (χ1v) is 2.20. The van der Waals surface area contributed by atoms with Crippen LogP contribution in [0.3, 0.4) is 0 Å². The molecule has 1 aromatic heterocycles. The molecule has 0 aliphatic carbocycles. The lowest BCUT2D eigenvalue weighted by Crippen LogP contribution is -1.90. The molecule has 10 heavy (non-hydrogen) atoms. The molecule has 0 spiro atoms. The summed E-state index contributed by atoms with van der Waals surface area (Å²) in [5.41, 5.74) is 4.86. The fraction of sp³-hybridized carbons (Fsp3) is 0. The number of nitrogens with two attached hydrogens (primary N) is 1. The molecule has 4 N–H and O–H groups in total. The van der Waals surface area contributed by atoms with Crippen molar-refractivity contribution in [1.82, 2.24) is 9.97 Å². The Morgan fingerprint density at radius 3 is 1.90 bits per heavy atom. The van der Waals surface area contributed by atoms with Crippen molar-refractivity contribution in [3.05, 3.63) is 6.33 Å². The minimum absolute atomic E-state index is 0. The van der Waals surface area contributed by atoms with Gasteiger partial charge in [-0.1, -0.05) is 0 Å². The second kappa shape index (κ2) is 3.07. The molecule has 0 amide bonds. The highest BCUT2D eigenvalue weighted by Crippen LogP contribution is 2.22. The first-order chi connectivity index (χ1) is 4.22. The molecule has 1 rings (SSSR count). The highest BCUT2D eigenvalue weighted by molar-refractivity contribution is 5.85. The monoisotopic (exact) mass is 163 g/mol. The molecule has 0 saturated heterocycles. The molecule has 56 valence electrons.